The first-order valence-corrected chi connectivity index (χ1v) is 11.1. The standard InChI is InChI=1S/C21H20ClN3O4S/c1-3-13-7-5-8-14(4-2)19(13)17-12-18(22)24-21(23-17)25-30(28,29)16-10-6-9-15(11-16)20(26)27/h5-12H,3-4H2,1-2H3,(H,26,27)(H,23,24,25). The second-order valence-corrected chi connectivity index (χ2v) is 8.57. The third-order valence-corrected chi connectivity index (χ3v) is 6.09. The number of aromatic nitrogens is 2. The first-order chi connectivity index (χ1) is 14.2. The summed E-state index contributed by atoms with van der Waals surface area (Å²) in [6, 6.07) is 12.6. The second-order valence-electron chi connectivity index (χ2n) is 6.50. The summed E-state index contributed by atoms with van der Waals surface area (Å²) in [5, 5.41) is 9.19. The Morgan fingerprint density at radius 2 is 1.67 bits per heavy atom. The Balaban J connectivity index is 2.05. The molecular formula is C21H20ClN3O4S. The molecular weight excluding hydrogens is 426 g/mol. The average molecular weight is 446 g/mol. The van der Waals surface area contributed by atoms with Crippen LogP contribution in [0, 0.1) is 0 Å². The smallest absolute Gasteiger partial charge is 0.335 e. The molecule has 3 rings (SSSR count). The van der Waals surface area contributed by atoms with Crippen molar-refractivity contribution in [2.75, 3.05) is 4.72 Å². The number of aromatic carboxylic acids is 1. The van der Waals surface area contributed by atoms with E-state index in [-0.39, 0.29) is 21.6 Å². The van der Waals surface area contributed by atoms with E-state index < -0.39 is 16.0 Å². The molecule has 0 radical (unpaired) electrons. The van der Waals surface area contributed by atoms with Gasteiger partial charge in [0.1, 0.15) is 5.15 Å². The lowest BCUT2D eigenvalue weighted by Gasteiger charge is -2.14. The zero-order chi connectivity index (χ0) is 21.9. The van der Waals surface area contributed by atoms with Gasteiger partial charge in [-0.1, -0.05) is 49.7 Å². The van der Waals surface area contributed by atoms with Gasteiger partial charge in [-0.05, 0) is 42.2 Å². The number of carboxylic acid groups (broad SMARTS) is 1. The van der Waals surface area contributed by atoms with E-state index in [1.807, 2.05) is 32.0 Å². The maximum Gasteiger partial charge on any atom is 0.335 e. The van der Waals surface area contributed by atoms with Crippen LogP contribution in [0.2, 0.25) is 5.15 Å². The Hall–Kier alpha value is -2.97. The van der Waals surface area contributed by atoms with E-state index >= 15 is 0 Å². The molecule has 0 unspecified atom stereocenters. The van der Waals surface area contributed by atoms with E-state index in [1.165, 1.54) is 18.2 Å². The van der Waals surface area contributed by atoms with E-state index in [9.17, 15) is 13.2 Å². The van der Waals surface area contributed by atoms with Gasteiger partial charge in [-0.25, -0.2) is 27.9 Å². The lowest BCUT2D eigenvalue weighted by Crippen LogP contribution is -2.16. The van der Waals surface area contributed by atoms with Crippen molar-refractivity contribution in [2.24, 2.45) is 0 Å². The van der Waals surface area contributed by atoms with Crippen LogP contribution in [0.15, 0.2) is 53.4 Å². The van der Waals surface area contributed by atoms with Gasteiger partial charge in [-0.2, -0.15) is 0 Å². The van der Waals surface area contributed by atoms with Gasteiger partial charge >= 0.3 is 5.97 Å². The monoisotopic (exact) mass is 445 g/mol. The number of nitrogens with one attached hydrogen (secondary N) is 1. The first kappa shape index (κ1) is 21.7. The summed E-state index contributed by atoms with van der Waals surface area (Å²) in [5.41, 5.74) is 3.40. The SMILES string of the molecule is CCc1cccc(CC)c1-c1cc(Cl)nc(NS(=O)(=O)c2cccc(C(=O)O)c2)n1. The molecule has 0 fully saturated rings. The summed E-state index contributed by atoms with van der Waals surface area (Å²) < 4.78 is 27.8. The molecule has 1 heterocycles. The fourth-order valence-corrected chi connectivity index (χ4v) is 4.31. The van der Waals surface area contributed by atoms with Crippen LogP contribution in [0.4, 0.5) is 5.95 Å². The minimum Gasteiger partial charge on any atom is -0.478 e. The highest BCUT2D eigenvalue weighted by Gasteiger charge is 2.19. The molecule has 7 nitrogen and oxygen atoms in total. The van der Waals surface area contributed by atoms with E-state index in [0.717, 1.165) is 35.6 Å². The van der Waals surface area contributed by atoms with Gasteiger partial charge in [-0.3, -0.25) is 0 Å². The van der Waals surface area contributed by atoms with Crippen LogP contribution < -0.4 is 4.72 Å². The van der Waals surface area contributed by atoms with Crippen molar-refractivity contribution in [2.45, 2.75) is 31.6 Å². The number of anilines is 1. The molecule has 1 aromatic heterocycles. The Kier molecular flexibility index (Phi) is 6.38. The number of sulfonamides is 1. The van der Waals surface area contributed by atoms with Crippen LogP contribution in [0.5, 0.6) is 0 Å². The highest BCUT2D eigenvalue weighted by molar-refractivity contribution is 7.92. The van der Waals surface area contributed by atoms with Crippen LogP contribution in [0.1, 0.15) is 35.3 Å². The van der Waals surface area contributed by atoms with Crippen LogP contribution in [0.25, 0.3) is 11.3 Å². The zero-order valence-corrected chi connectivity index (χ0v) is 18.0. The molecule has 0 saturated carbocycles. The summed E-state index contributed by atoms with van der Waals surface area (Å²) in [5.74, 6) is -1.41. The molecule has 2 aromatic carbocycles. The van der Waals surface area contributed by atoms with Crippen molar-refractivity contribution in [1.29, 1.82) is 0 Å². The van der Waals surface area contributed by atoms with Crippen LogP contribution in [-0.2, 0) is 22.9 Å². The van der Waals surface area contributed by atoms with Gasteiger partial charge in [0.25, 0.3) is 10.0 Å². The zero-order valence-electron chi connectivity index (χ0n) is 16.4. The summed E-state index contributed by atoms with van der Waals surface area (Å²) in [7, 11) is -4.11. The van der Waals surface area contributed by atoms with Gasteiger partial charge in [0.05, 0.1) is 16.2 Å². The molecule has 2 N–H and O–H groups in total. The van der Waals surface area contributed by atoms with Crippen molar-refractivity contribution in [3.8, 4) is 11.3 Å². The van der Waals surface area contributed by atoms with Gasteiger partial charge in [0, 0.05) is 11.6 Å². The van der Waals surface area contributed by atoms with Gasteiger partial charge in [0.15, 0.2) is 0 Å². The molecule has 0 aliphatic heterocycles. The van der Waals surface area contributed by atoms with Crippen LogP contribution in [0.3, 0.4) is 0 Å². The molecule has 0 atom stereocenters. The molecule has 0 bridgehead atoms. The number of carbonyl (C=O) groups is 1. The lowest BCUT2D eigenvalue weighted by atomic mass is 9.95. The van der Waals surface area contributed by atoms with Crippen molar-refractivity contribution in [1.82, 2.24) is 9.97 Å². The Morgan fingerprint density at radius 1 is 1.03 bits per heavy atom. The van der Waals surface area contributed by atoms with Crippen molar-refractivity contribution in [3.63, 3.8) is 0 Å². The molecule has 0 amide bonds. The van der Waals surface area contributed by atoms with Gasteiger partial charge < -0.3 is 5.11 Å². The molecule has 0 aliphatic rings. The summed E-state index contributed by atoms with van der Waals surface area (Å²) in [4.78, 5) is 19.3. The topological polar surface area (TPSA) is 109 Å². The summed E-state index contributed by atoms with van der Waals surface area (Å²) >= 11 is 6.17. The minimum atomic E-state index is -4.11. The van der Waals surface area contributed by atoms with E-state index in [2.05, 4.69) is 14.7 Å². The lowest BCUT2D eigenvalue weighted by molar-refractivity contribution is 0.0696. The summed E-state index contributed by atoms with van der Waals surface area (Å²) in [6.45, 7) is 4.06. The predicted molar refractivity (Wildman–Crippen MR) is 115 cm³/mol. The highest BCUT2D eigenvalue weighted by atomic mass is 35.5. The molecule has 156 valence electrons. The molecule has 9 heteroatoms. The highest BCUT2D eigenvalue weighted by Crippen LogP contribution is 2.30. The van der Waals surface area contributed by atoms with E-state index in [4.69, 9.17) is 16.7 Å². The van der Waals surface area contributed by atoms with Crippen molar-refractivity contribution in [3.05, 3.63) is 70.4 Å². The largest absolute Gasteiger partial charge is 0.478 e. The molecule has 30 heavy (non-hydrogen) atoms. The first-order valence-electron chi connectivity index (χ1n) is 9.27. The minimum absolute atomic E-state index is 0.0879. The Labute approximate surface area is 179 Å². The fourth-order valence-electron chi connectivity index (χ4n) is 3.14. The predicted octanol–water partition coefficient (Wildman–Crippen LogP) is 4.42. The molecule has 0 saturated heterocycles. The van der Waals surface area contributed by atoms with Crippen molar-refractivity contribution < 1.29 is 18.3 Å². The normalized spacial score (nSPS) is 11.3. The average Bonchev–Trinajstić information content (AvgIpc) is 2.72. The Bertz CT molecular complexity index is 1190. The third-order valence-electron chi connectivity index (χ3n) is 4.57. The number of hydrogen-bond donors (Lipinski definition) is 2. The molecule has 0 spiro atoms. The van der Waals surface area contributed by atoms with Gasteiger partial charge in [-0.15, -0.1) is 0 Å². The number of hydrogen-bond acceptors (Lipinski definition) is 5. The van der Waals surface area contributed by atoms with Crippen LogP contribution >= 0.6 is 11.6 Å². The number of rotatable bonds is 7. The number of carboxylic acids is 1. The molecule has 0 aliphatic carbocycles. The number of halogens is 1. The number of benzene rings is 2. The maximum absolute atomic E-state index is 12.8. The van der Waals surface area contributed by atoms with Crippen molar-refractivity contribution >= 4 is 33.5 Å². The number of nitrogens with zero attached hydrogens (tertiary/aromatic N) is 2. The van der Waals surface area contributed by atoms with E-state index in [1.54, 1.807) is 6.07 Å². The van der Waals surface area contributed by atoms with Gasteiger partial charge in [0.2, 0.25) is 5.95 Å². The molecule has 3 aromatic rings. The van der Waals surface area contributed by atoms with E-state index in [0.29, 0.717) is 5.69 Å². The second kappa shape index (κ2) is 8.81. The quantitative estimate of drug-likeness (QED) is 0.521. The maximum atomic E-state index is 12.8. The third kappa shape index (κ3) is 4.60. The van der Waals surface area contributed by atoms with Crippen LogP contribution in [-0.4, -0.2) is 29.5 Å². The summed E-state index contributed by atoms with van der Waals surface area (Å²) in [6.07, 6.45) is 1.54. The Morgan fingerprint density at radius 3 is 2.27 bits per heavy atom. The number of aryl methyl sites for hydroxylation is 2. The fraction of sp³-hybridized carbons (Fsp3) is 0.190.